The normalized spacial score (nSPS) is 18.5. The van der Waals surface area contributed by atoms with E-state index in [0.717, 1.165) is 38.3 Å². The molecule has 1 saturated heterocycles. The molecular weight excluding hydrogens is 302 g/mol. The van der Waals surface area contributed by atoms with E-state index in [1.165, 1.54) is 5.56 Å². The van der Waals surface area contributed by atoms with Crippen molar-refractivity contribution in [2.45, 2.75) is 19.4 Å². The number of ketones is 1. The van der Waals surface area contributed by atoms with Gasteiger partial charge in [0.2, 0.25) is 5.78 Å². The maximum atomic E-state index is 12.7. The Morgan fingerprint density at radius 3 is 2.79 bits per heavy atom. The van der Waals surface area contributed by atoms with Gasteiger partial charge in [0.15, 0.2) is 5.82 Å². The fourth-order valence-electron chi connectivity index (χ4n) is 3.23. The first kappa shape index (κ1) is 16.6. The minimum atomic E-state index is 0.0360. The number of anilines is 1. The van der Waals surface area contributed by atoms with Crippen molar-refractivity contribution in [3.63, 3.8) is 0 Å². The summed E-state index contributed by atoms with van der Waals surface area (Å²) in [6.07, 6.45) is 7.43. The highest BCUT2D eigenvalue weighted by Gasteiger charge is 2.28. The lowest BCUT2D eigenvalue weighted by atomic mass is 9.93. The van der Waals surface area contributed by atoms with Crippen LogP contribution in [-0.2, 0) is 13.6 Å². The van der Waals surface area contributed by atoms with Crippen molar-refractivity contribution in [1.82, 2.24) is 19.4 Å². The summed E-state index contributed by atoms with van der Waals surface area (Å²) < 4.78 is 1.81. The first-order valence-electron chi connectivity index (χ1n) is 8.40. The molecule has 24 heavy (non-hydrogen) atoms. The minimum absolute atomic E-state index is 0.0360. The quantitative estimate of drug-likeness (QED) is 0.786. The maximum Gasteiger partial charge on any atom is 0.202 e. The topological polar surface area (TPSA) is 54.3 Å². The minimum Gasteiger partial charge on any atom is -0.363 e. The molecule has 6 nitrogen and oxygen atoms in total. The van der Waals surface area contributed by atoms with Crippen molar-refractivity contribution in [3.8, 4) is 0 Å². The fourth-order valence-corrected chi connectivity index (χ4v) is 3.23. The van der Waals surface area contributed by atoms with Crippen LogP contribution in [0.3, 0.4) is 0 Å². The summed E-state index contributed by atoms with van der Waals surface area (Å²) in [4.78, 5) is 25.7. The molecular formula is C18H25N5O. The Balaban J connectivity index is 1.63. The number of likely N-dealkylation sites (tertiary alicyclic amines) is 1. The van der Waals surface area contributed by atoms with Crippen molar-refractivity contribution >= 4 is 11.6 Å². The van der Waals surface area contributed by atoms with E-state index in [1.807, 2.05) is 49.1 Å². The number of piperidine rings is 1. The van der Waals surface area contributed by atoms with Gasteiger partial charge in [-0.15, -0.1) is 0 Å². The Morgan fingerprint density at radius 2 is 2.17 bits per heavy atom. The highest BCUT2D eigenvalue weighted by Crippen LogP contribution is 2.22. The first-order chi connectivity index (χ1) is 11.5. The van der Waals surface area contributed by atoms with Crippen LogP contribution in [-0.4, -0.2) is 52.4 Å². The van der Waals surface area contributed by atoms with Crippen LogP contribution in [0.15, 0.2) is 30.7 Å². The number of Topliss-reactive ketones (excluding diaryl/α,β-unsaturated/α-hetero) is 1. The molecule has 1 atom stereocenters. The van der Waals surface area contributed by atoms with E-state index in [-0.39, 0.29) is 11.7 Å². The highest BCUT2D eigenvalue weighted by molar-refractivity contribution is 5.94. The summed E-state index contributed by atoms with van der Waals surface area (Å²) in [5, 5.41) is 0. The summed E-state index contributed by atoms with van der Waals surface area (Å²) in [7, 11) is 5.85. The zero-order valence-corrected chi connectivity index (χ0v) is 14.6. The van der Waals surface area contributed by atoms with Gasteiger partial charge in [-0.2, -0.15) is 0 Å². The fraction of sp³-hybridized carbons (Fsp3) is 0.500. The van der Waals surface area contributed by atoms with E-state index in [4.69, 9.17) is 0 Å². The number of rotatable bonds is 5. The van der Waals surface area contributed by atoms with Gasteiger partial charge in [-0.1, -0.05) is 6.07 Å². The molecule has 0 bridgehead atoms. The van der Waals surface area contributed by atoms with Crippen molar-refractivity contribution in [3.05, 3.63) is 42.1 Å². The lowest BCUT2D eigenvalue weighted by Gasteiger charge is -2.31. The zero-order chi connectivity index (χ0) is 17.1. The average molecular weight is 327 g/mol. The summed E-state index contributed by atoms with van der Waals surface area (Å²) in [6, 6.07) is 4.16. The van der Waals surface area contributed by atoms with Gasteiger partial charge in [-0.05, 0) is 31.0 Å². The van der Waals surface area contributed by atoms with Crippen LogP contribution in [0.1, 0.15) is 29.0 Å². The van der Waals surface area contributed by atoms with Gasteiger partial charge >= 0.3 is 0 Å². The molecule has 0 saturated carbocycles. The average Bonchev–Trinajstić information content (AvgIpc) is 3.01. The molecule has 1 aliphatic rings. The van der Waals surface area contributed by atoms with Gasteiger partial charge < -0.3 is 9.47 Å². The number of nitrogens with zero attached hydrogens (tertiary/aromatic N) is 5. The molecule has 1 aliphatic heterocycles. The highest BCUT2D eigenvalue weighted by atomic mass is 16.1. The molecule has 0 aromatic carbocycles. The van der Waals surface area contributed by atoms with E-state index >= 15 is 0 Å². The van der Waals surface area contributed by atoms with Crippen LogP contribution in [0.5, 0.6) is 0 Å². The molecule has 3 rings (SSSR count). The second kappa shape index (κ2) is 7.13. The van der Waals surface area contributed by atoms with Crippen LogP contribution in [0.25, 0.3) is 0 Å². The largest absolute Gasteiger partial charge is 0.363 e. The van der Waals surface area contributed by atoms with E-state index in [0.29, 0.717) is 5.82 Å². The van der Waals surface area contributed by atoms with Gasteiger partial charge in [0.05, 0.1) is 0 Å². The molecule has 2 aromatic rings. The first-order valence-corrected chi connectivity index (χ1v) is 8.40. The van der Waals surface area contributed by atoms with Crippen LogP contribution < -0.4 is 4.90 Å². The van der Waals surface area contributed by atoms with Crippen molar-refractivity contribution in [2.24, 2.45) is 13.0 Å². The number of imidazole rings is 1. The van der Waals surface area contributed by atoms with Crippen molar-refractivity contribution in [2.75, 3.05) is 32.1 Å². The SMILES string of the molecule is CN(C)c1ccc(CN2CCCC(C(=O)c3nccn3C)C2)cn1. The summed E-state index contributed by atoms with van der Waals surface area (Å²) in [6.45, 7) is 2.66. The molecule has 0 radical (unpaired) electrons. The number of hydrogen-bond acceptors (Lipinski definition) is 5. The molecule has 0 spiro atoms. The Labute approximate surface area is 143 Å². The van der Waals surface area contributed by atoms with Crippen LogP contribution in [0.2, 0.25) is 0 Å². The summed E-state index contributed by atoms with van der Waals surface area (Å²) in [5.74, 6) is 1.72. The predicted octanol–water partition coefficient (Wildman–Crippen LogP) is 1.98. The third-order valence-corrected chi connectivity index (χ3v) is 4.59. The number of hydrogen-bond donors (Lipinski definition) is 0. The van der Waals surface area contributed by atoms with Crippen molar-refractivity contribution in [1.29, 1.82) is 0 Å². The zero-order valence-electron chi connectivity index (χ0n) is 14.6. The Hall–Kier alpha value is -2.21. The van der Waals surface area contributed by atoms with Crippen LogP contribution in [0, 0.1) is 5.92 Å². The molecule has 6 heteroatoms. The maximum absolute atomic E-state index is 12.7. The molecule has 128 valence electrons. The van der Waals surface area contributed by atoms with Crippen molar-refractivity contribution < 1.29 is 4.79 Å². The number of pyridine rings is 1. The van der Waals surface area contributed by atoms with Gasteiger partial charge in [0.1, 0.15) is 5.82 Å². The molecule has 1 unspecified atom stereocenters. The second-order valence-corrected chi connectivity index (χ2v) is 6.72. The lowest BCUT2D eigenvalue weighted by molar-refractivity contribution is 0.0797. The van der Waals surface area contributed by atoms with Crippen LogP contribution in [0.4, 0.5) is 5.82 Å². The number of aryl methyl sites for hydroxylation is 1. The van der Waals surface area contributed by atoms with Gasteiger partial charge in [-0.3, -0.25) is 9.69 Å². The predicted molar refractivity (Wildman–Crippen MR) is 94.1 cm³/mol. The molecule has 3 heterocycles. The smallest absolute Gasteiger partial charge is 0.202 e. The lowest BCUT2D eigenvalue weighted by Crippen LogP contribution is -2.38. The van der Waals surface area contributed by atoms with Gasteiger partial charge in [0.25, 0.3) is 0 Å². The third kappa shape index (κ3) is 3.64. The Morgan fingerprint density at radius 1 is 1.33 bits per heavy atom. The second-order valence-electron chi connectivity index (χ2n) is 6.72. The summed E-state index contributed by atoms with van der Waals surface area (Å²) >= 11 is 0. The monoisotopic (exact) mass is 327 g/mol. The number of carbonyl (C=O) groups is 1. The third-order valence-electron chi connectivity index (χ3n) is 4.59. The van der Waals surface area contributed by atoms with E-state index in [1.54, 1.807) is 6.20 Å². The van der Waals surface area contributed by atoms with Crippen LogP contribution >= 0.6 is 0 Å². The van der Waals surface area contributed by atoms with Gasteiger partial charge in [-0.25, -0.2) is 9.97 Å². The number of carbonyl (C=O) groups excluding carboxylic acids is 1. The molecule has 2 aromatic heterocycles. The van der Waals surface area contributed by atoms with Gasteiger partial charge in [0, 0.05) is 58.7 Å². The molecule has 1 fully saturated rings. The van der Waals surface area contributed by atoms with E-state index in [9.17, 15) is 4.79 Å². The standard InChI is InChI=1S/C18H25N5O/c1-21(2)16-7-6-14(11-20-16)12-23-9-4-5-15(13-23)17(24)18-19-8-10-22(18)3/h6-8,10-11,15H,4-5,9,12-13H2,1-3H3. The number of aromatic nitrogens is 3. The Bertz CT molecular complexity index is 692. The van der Waals surface area contributed by atoms with E-state index in [2.05, 4.69) is 20.9 Å². The van der Waals surface area contributed by atoms with E-state index < -0.39 is 0 Å². The molecule has 0 aliphatic carbocycles. The Kier molecular flexibility index (Phi) is 4.94. The summed E-state index contributed by atoms with van der Waals surface area (Å²) in [5.41, 5.74) is 1.19. The molecule has 0 amide bonds. The molecule has 0 N–H and O–H groups in total.